The minimum absolute atomic E-state index is 0.0300. The molecule has 0 spiro atoms. The summed E-state index contributed by atoms with van der Waals surface area (Å²) < 4.78 is 3.11. The molecule has 1 aromatic rings. The van der Waals surface area contributed by atoms with Crippen LogP contribution in [0.3, 0.4) is 0 Å². The van der Waals surface area contributed by atoms with Gasteiger partial charge < -0.3 is 9.88 Å². The van der Waals surface area contributed by atoms with Gasteiger partial charge in [-0.3, -0.25) is 4.79 Å². The van der Waals surface area contributed by atoms with Gasteiger partial charge in [-0.2, -0.15) is 0 Å². The standard InChI is InChI=1S/C13H17BrN2O/c1-13(5-2-6-13)15-12(17)11-7-9(14)8-16(11)10-3-4-10/h7-8,10H,2-6H2,1H3,(H,15,17). The quantitative estimate of drug-likeness (QED) is 0.913. The van der Waals surface area contributed by atoms with E-state index in [9.17, 15) is 4.79 Å². The lowest BCUT2D eigenvalue weighted by Crippen LogP contribution is -2.51. The molecule has 0 radical (unpaired) electrons. The Balaban J connectivity index is 1.80. The van der Waals surface area contributed by atoms with Crippen molar-refractivity contribution in [1.82, 2.24) is 9.88 Å². The smallest absolute Gasteiger partial charge is 0.268 e. The van der Waals surface area contributed by atoms with Crippen molar-refractivity contribution in [2.75, 3.05) is 0 Å². The molecule has 0 bridgehead atoms. The maximum absolute atomic E-state index is 12.3. The summed E-state index contributed by atoms with van der Waals surface area (Å²) in [6, 6.07) is 2.46. The van der Waals surface area contributed by atoms with E-state index in [1.54, 1.807) is 0 Å². The van der Waals surface area contributed by atoms with Gasteiger partial charge in [0.1, 0.15) is 5.69 Å². The number of hydrogen-bond acceptors (Lipinski definition) is 1. The lowest BCUT2D eigenvalue weighted by molar-refractivity contribution is 0.0840. The molecular formula is C13H17BrN2O. The number of rotatable bonds is 3. The number of nitrogens with one attached hydrogen (secondary N) is 1. The number of hydrogen-bond donors (Lipinski definition) is 1. The number of carbonyl (C=O) groups excluding carboxylic acids is 1. The first-order chi connectivity index (χ1) is 8.07. The fourth-order valence-corrected chi connectivity index (χ4v) is 2.89. The Morgan fingerprint density at radius 3 is 2.76 bits per heavy atom. The molecule has 1 heterocycles. The van der Waals surface area contributed by atoms with E-state index in [0.29, 0.717) is 6.04 Å². The predicted octanol–water partition coefficient (Wildman–Crippen LogP) is 3.26. The summed E-state index contributed by atoms with van der Waals surface area (Å²) in [6.07, 6.45) is 7.84. The Morgan fingerprint density at radius 2 is 2.24 bits per heavy atom. The van der Waals surface area contributed by atoms with Crippen molar-refractivity contribution in [3.05, 3.63) is 22.4 Å². The highest BCUT2D eigenvalue weighted by molar-refractivity contribution is 9.10. The van der Waals surface area contributed by atoms with Gasteiger partial charge in [-0.25, -0.2) is 0 Å². The van der Waals surface area contributed by atoms with Crippen LogP contribution in [0.2, 0.25) is 0 Å². The third kappa shape index (κ3) is 2.15. The number of carbonyl (C=O) groups is 1. The van der Waals surface area contributed by atoms with Crippen LogP contribution in [0.15, 0.2) is 16.7 Å². The topological polar surface area (TPSA) is 34.0 Å². The van der Waals surface area contributed by atoms with Crippen LogP contribution >= 0.6 is 15.9 Å². The molecule has 0 unspecified atom stereocenters. The number of nitrogens with zero attached hydrogens (tertiary/aromatic N) is 1. The van der Waals surface area contributed by atoms with E-state index in [1.165, 1.54) is 19.3 Å². The van der Waals surface area contributed by atoms with Gasteiger partial charge in [0.05, 0.1) is 0 Å². The Bertz CT molecular complexity index is 458. The van der Waals surface area contributed by atoms with E-state index in [4.69, 9.17) is 0 Å². The first-order valence-electron chi connectivity index (χ1n) is 6.27. The van der Waals surface area contributed by atoms with Crippen LogP contribution in [0, 0.1) is 0 Å². The van der Waals surface area contributed by atoms with E-state index < -0.39 is 0 Å². The van der Waals surface area contributed by atoms with Crippen LogP contribution in [-0.4, -0.2) is 16.0 Å². The molecule has 2 aliphatic carbocycles. The molecule has 1 N–H and O–H groups in total. The minimum Gasteiger partial charge on any atom is -0.346 e. The third-order valence-electron chi connectivity index (χ3n) is 3.86. The Hall–Kier alpha value is -0.770. The van der Waals surface area contributed by atoms with Gasteiger partial charge >= 0.3 is 0 Å². The summed E-state index contributed by atoms with van der Waals surface area (Å²) in [6.45, 7) is 2.13. The van der Waals surface area contributed by atoms with Crippen molar-refractivity contribution in [3.8, 4) is 0 Å². The largest absolute Gasteiger partial charge is 0.346 e. The molecule has 0 saturated heterocycles. The first-order valence-corrected chi connectivity index (χ1v) is 7.07. The summed E-state index contributed by atoms with van der Waals surface area (Å²) in [5.74, 6) is 0.0739. The van der Waals surface area contributed by atoms with Crippen molar-refractivity contribution >= 4 is 21.8 Å². The van der Waals surface area contributed by atoms with Crippen LogP contribution in [-0.2, 0) is 0 Å². The molecule has 1 amide bonds. The van der Waals surface area contributed by atoms with E-state index in [1.807, 2.05) is 12.3 Å². The van der Waals surface area contributed by atoms with Gasteiger partial charge in [-0.1, -0.05) is 0 Å². The first kappa shape index (κ1) is 11.3. The highest BCUT2D eigenvalue weighted by Crippen LogP contribution is 2.38. The van der Waals surface area contributed by atoms with Gasteiger partial charge in [0, 0.05) is 22.3 Å². The Labute approximate surface area is 110 Å². The fourth-order valence-electron chi connectivity index (χ4n) is 2.45. The van der Waals surface area contributed by atoms with E-state index in [2.05, 4.69) is 32.7 Å². The Kier molecular flexibility index (Phi) is 2.58. The molecule has 3 nitrogen and oxygen atoms in total. The average Bonchev–Trinajstić information content (AvgIpc) is 2.99. The summed E-state index contributed by atoms with van der Waals surface area (Å²) in [7, 11) is 0. The van der Waals surface area contributed by atoms with Crippen LogP contribution < -0.4 is 5.32 Å². The lowest BCUT2D eigenvalue weighted by Gasteiger charge is -2.39. The molecule has 0 aliphatic heterocycles. The molecule has 92 valence electrons. The van der Waals surface area contributed by atoms with Crippen molar-refractivity contribution in [2.45, 2.75) is 50.6 Å². The molecule has 3 rings (SSSR count). The van der Waals surface area contributed by atoms with Crippen molar-refractivity contribution in [1.29, 1.82) is 0 Å². The zero-order valence-electron chi connectivity index (χ0n) is 10.0. The van der Waals surface area contributed by atoms with E-state index >= 15 is 0 Å². The van der Waals surface area contributed by atoms with Crippen molar-refractivity contribution < 1.29 is 4.79 Å². The predicted molar refractivity (Wildman–Crippen MR) is 70.1 cm³/mol. The molecule has 4 heteroatoms. The monoisotopic (exact) mass is 296 g/mol. The third-order valence-corrected chi connectivity index (χ3v) is 4.29. The second-order valence-electron chi connectivity index (χ2n) is 5.55. The molecule has 2 aliphatic rings. The second kappa shape index (κ2) is 3.87. The highest BCUT2D eigenvalue weighted by Gasteiger charge is 2.35. The van der Waals surface area contributed by atoms with Gasteiger partial charge in [-0.15, -0.1) is 0 Å². The molecule has 2 fully saturated rings. The van der Waals surface area contributed by atoms with Gasteiger partial charge in [0.2, 0.25) is 0 Å². The molecule has 17 heavy (non-hydrogen) atoms. The van der Waals surface area contributed by atoms with Crippen molar-refractivity contribution in [2.24, 2.45) is 0 Å². The van der Waals surface area contributed by atoms with Crippen LogP contribution in [0.25, 0.3) is 0 Å². The maximum atomic E-state index is 12.3. The zero-order chi connectivity index (χ0) is 12.0. The van der Waals surface area contributed by atoms with Crippen LogP contribution in [0.5, 0.6) is 0 Å². The van der Waals surface area contributed by atoms with E-state index in [0.717, 1.165) is 23.0 Å². The summed E-state index contributed by atoms with van der Waals surface area (Å²) in [4.78, 5) is 12.3. The maximum Gasteiger partial charge on any atom is 0.268 e. The summed E-state index contributed by atoms with van der Waals surface area (Å²) in [5.41, 5.74) is 0.829. The van der Waals surface area contributed by atoms with E-state index in [-0.39, 0.29) is 11.4 Å². The van der Waals surface area contributed by atoms with Gasteiger partial charge in [0.15, 0.2) is 0 Å². The highest BCUT2D eigenvalue weighted by atomic mass is 79.9. The Morgan fingerprint density at radius 1 is 1.53 bits per heavy atom. The van der Waals surface area contributed by atoms with Gasteiger partial charge in [-0.05, 0) is 61.0 Å². The van der Waals surface area contributed by atoms with Crippen LogP contribution in [0.4, 0.5) is 0 Å². The number of halogens is 1. The molecule has 0 atom stereocenters. The SMILES string of the molecule is CC1(NC(=O)c2cc(Br)cn2C2CC2)CCC1. The zero-order valence-corrected chi connectivity index (χ0v) is 11.6. The fraction of sp³-hybridized carbons (Fsp3) is 0.615. The van der Waals surface area contributed by atoms with Gasteiger partial charge in [0.25, 0.3) is 5.91 Å². The molecule has 2 saturated carbocycles. The summed E-state index contributed by atoms with van der Waals surface area (Å²) in [5, 5.41) is 3.16. The lowest BCUT2D eigenvalue weighted by atomic mass is 9.78. The second-order valence-corrected chi connectivity index (χ2v) is 6.47. The van der Waals surface area contributed by atoms with Crippen LogP contribution in [0.1, 0.15) is 55.6 Å². The average molecular weight is 297 g/mol. The minimum atomic E-state index is 0.0300. The normalized spacial score (nSPS) is 22.0. The number of amides is 1. The molecule has 0 aromatic carbocycles. The molecule has 1 aromatic heterocycles. The summed E-state index contributed by atoms with van der Waals surface area (Å²) >= 11 is 3.46. The number of aromatic nitrogens is 1. The molecular weight excluding hydrogens is 280 g/mol. The van der Waals surface area contributed by atoms with Crippen molar-refractivity contribution in [3.63, 3.8) is 0 Å².